The number of benzene rings is 2. The van der Waals surface area contributed by atoms with E-state index in [1.54, 1.807) is 11.8 Å². The van der Waals surface area contributed by atoms with Crippen LogP contribution in [0.4, 0.5) is 0 Å². The number of nitrogens with one attached hydrogen (secondary N) is 1. The smallest absolute Gasteiger partial charge is 0.231 e. The second-order valence-electron chi connectivity index (χ2n) is 6.85. The van der Waals surface area contributed by atoms with Gasteiger partial charge in [-0.3, -0.25) is 0 Å². The minimum atomic E-state index is -0.168. The number of fused-ring (bicyclic) bond motifs is 1. The zero-order valence-corrected chi connectivity index (χ0v) is 17.6. The molecule has 5 nitrogen and oxygen atoms in total. The number of nitrogens with zero attached hydrogens (tertiary/aromatic N) is 1. The van der Waals surface area contributed by atoms with Crippen molar-refractivity contribution >= 4 is 34.1 Å². The molecule has 2 atom stereocenters. The fourth-order valence-electron chi connectivity index (χ4n) is 3.23. The van der Waals surface area contributed by atoms with Crippen LogP contribution in [0.25, 0.3) is 4.91 Å². The highest BCUT2D eigenvalue weighted by Crippen LogP contribution is 2.40. The predicted molar refractivity (Wildman–Crippen MR) is 121 cm³/mol. The van der Waals surface area contributed by atoms with Gasteiger partial charge in [0.2, 0.25) is 6.79 Å². The summed E-state index contributed by atoms with van der Waals surface area (Å²) in [6.07, 6.45) is 3.60. The number of hydrogen-bond donors (Lipinski definition) is 2. The van der Waals surface area contributed by atoms with Gasteiger partial charge in [-0.1, -0.05) is 42.5 Å². The van der Waals surface area contributed by atoms with E-state index in [1.807, 2.05) is 37.3 Å². The Bertz CT molecular complexity index is 1010. The van der Waals surface area contributed by atoms with Gasteiger partial charge in [0.25, 0.3) is 0 Å². The van der Waals surface area contributed by atoms with Crippen molar-refractivity contribution in [2.24, 2.45) is 10.7 Å². The molecule has 2 aliphatic heterocycles. The summed E-state index contributed by atoms with van der Waals surface area (Å²) in [5, 5.41) is 4.14. The predicted octanol–water partition coefficient (Wildman–Crippen LogP) is 4.49. The molecule has 29 heavy (non-hydrogen) atoms. The first-order valence-electron chi connectivity index (χ1n) is 9.26. The molecular weight excluding hydrogens is 406 g/mol. The summed E-state index contributed by atoms with van der Waals surface area (Å²) >= 11 is 7.98. The highest BCUT2D eigenvalue weighted by Gasteiger charge is 2.31. The molecule has 0 saturated heterocycles. The quantitative estimate of drug-likeness (QED) is 0.543. The molecule has 3 N–H and O–H groups in total. The van der Waals surface area contributed by atoms with Gasteiger partial charge < -0.3 is 20.5 Å². The van der Waals surface area contributed by atoms with Gasteiger partial charge in [0.1, 0.15) is 5.84 Å². The van der Waals surface area contributed by atoms with Crippen molar-refractivity contribution in [3.8, 4) is 11.5 Å². The second-order valence-corrected chi connectivity index (χ2v) is 8.44. The lowest BCUT2D eigenvalue weighted by molar-refractivity contribution is 0.174. The van der Waals surface area contributed by atoms with Crippen molar-refractivity contribution in [3.63, 3.8) is 0 Å². The Balaban J connectivity index is 1.47. The fraction of sp³-hybridized carbons (Fsp3) is 0.227. The second kappa shape index (κ2) is 8.53. The molecule has 0 bridgehead atoms. The van der Waals surface area contributed by atoms with Crippen molar-refractivity contribution < 1.29 is 9.47 Å². The minimum Gasteiger partial charge on any atom is -0.454 e. The molecule has 0 spiro atoms. The third-order valence-electron chi connectivity index (χ3n) is 4.81. The van der Waals surface area contributed by atoms with Gasteiger partial charge in [-0.25, -0.2) is 4.99 Å². The van der Waals surface area contributed by atoms with E-state index in [-0.39, 0.29) is 18.1 Å². The van der Waals surface area contributed by atoms with E-state index in [2.05, 4.69) is 29.0 Å². The van der Waals surface area contributed by atoms with Crippen molar-refractivity contribution in [3.05, 3.63) is 77.0 Å². The van der Waals surface area contributed by atoms with Gasteiger partial charge in [0.05, 0.1) is 5.25 Å². The monoisotopic (exact) mass is 427 g/mol. The number of aliphatic imine (C=N–C) groups is 1. The van der Waals surface area contributed by atoms with Gasteiger partial charge in [0.15, 0.2) is 11.5 Å². The van der Waals surface area contributed by atoms with Gasteiger partial charge in [-0.05, 0) is 41.8 Å². The summed E-state index contributed by atoms with van der Waals surface area (Å²) in [6.45, 7) is 6.60. The molecule has 4 rings (SSSR count). The van der Waals surface area contributed by atoms with E-state index >= 15 is 0 Å². The van der Waals surface area contributed by atoms with E-state index in [0.29, 0.717) is 6.54 Å². The molecule has 2 aromatic carbocycles. The van der Waals surface area contributed by atoms with Crippen molar-refractivity contribution in [2.75, 3.05) is 6.79 Å². The van der Waals surface area contributed by atoms with Crippen LogP contribution in [-0.2, 0) is 6.54 Å². The maximum Gasteiger partial charge on any atom is 0.231 e. The normalized spacial score (nSPS) is 20.5. The van der Waals surface area contributed by atoms with Crippen LogP contribution >= 0.6 is 23.4 Å². The SMILES string of the molecule is C=C/N=C(/NCc1ccc2c(c1)OCO2)C1SC(c2ccc(C)c(Cl)c2)=CC1N. The molecule has 0 radical (unpaired) electrons. The van der Waals surface area contributed by atoms with Crippen LogP contribution in [0.3, 0.4) is 0 Å². The number of halogens is 1. The van der Waals surface area contributed by atoms with E-state index in [1.165, 1.54) is 6.20 Å². The van der Waals surface area contributed by atoms with Gasteiger partial charge in [0, 0.05) is 28.7 Å². The molecule has 7 heteroatoms. The zero-order chi connectivity index (χ0) is 20.4. The molecule has 2 heterocycles. The van der Waals surface area contributed by atoms with Gasteiger partial charge in [-0.15, -0.1) is 11.8 Å². The summed E-state index contributed by atoms with van der Waals surface area (Å²) in [6, 6.07) is 11.8. The highest BCUT2D eigenvalue weighted by atomic mass is 35.5. The summed E-state index contributed by atoms with van der Waals surface area (Å²) in [4.78, 5) is 5.56. The lowest BCUT2D eigenvalue weighted by Crippen LogP contribution is -2.41. The first-order chi connectivity index (χ1) is 14.0. The number of aryl methyl sites for hydroxylation is 1. The third-order valence-corrected chi connectivity index (χ3v) is 6.64. The standard InChI is InChI=1S/C22H22ClN3O2S/c1-3-25-22(26-11-14-5-7-18-19(8-14)28-12-27-18)21-17(24)10-20(29-21)15-6-4-13(2)16(23)9-15/h3-10,17,21H,1,11-12,24H2,2H3,(H,25,26). The van der Waals surface area contributed by atoms with Crippen LogP contribution in [0.5, 0.6) is 11.5 Å². The number of nitrogens with two attached hydrogens (primary N) is 1. The van der Waals surface area contributed by atoms with Crippen molar-refractivity contribution in [1.29, 1.82) is 0 Å². The molecule has 0 amide bonds. The van der Waals surface area contributed by atoms with E-state index in [9.17, 15) is 0 Å². The molecule has 0 saturated carbocycles. The molecule has 2 aromatic rings. The topological polar surface area (TPSA) is 68.9 Å². The molecular formula is C22H22ClN3O2S. The molecule has 0 aliphatic carbocycles. The van der Waals surface area contributed by atoms with E-state index in [0.717, 1.165) is 44.0 Å². The number of hydrogen-bond acceptors (Lipinski definition) is 5. The lowest BCUT2D eigenvalue weighted by Gasteiger charge is -2.19. The number of ether oxygens (including phenoxy) is 2. The molecule has 150 valence electrons. The highest BCUT2D eigenvalue weighted by molar-refractivity contribution is 8.09. The maximum absolute atomic E-state index is 6.43. The van der Waals surface area contributed by atoms with Crippen LogP contribution < -0.4 is 20.5 Å². The van der Waals surface area contributed by atoms with Gasteiger partial charge >= 0.3 is 0 Å². The average Bonchev–Trinajstić information content (AvgIpc) is 3.33. The molecule has 0 fully saturated rings. The summed E-state index contributed by atoms with van der Waals surface area (Å²) in [5.41, 5.74) is 9.62. The summed E-state index contributed by atoms with van der Waals surface area (Å²) in [7, 11) is 0. The molecule has 0 aromatic heterocycles. The Morgan fingerprint density at radius 1 is 1.31 bits per heavy atom. The molecule has 2 unspecified atom stereocenters. The van der Waals surface area contributed by atoms with Crippen LogP contribution in [0.2, 0.25) is 5.02 Å². The van der Waals surface area contributed by atoms with Crippen LogP contribution in [-0.4, -0.2) is 23.9 Å². The largest absolute Gasteiger partial charge is 0.454 e. The Morgan fingerprint density at radius 3 is 2.93 bits per heavy atom. The molecule has 2 aliphatic rings. The summed E-state index contributed by atoms with van der Waals surface area (Å²) < 4.78 is 10.8. The third kappa shape index (κ3) is 4.29. The number of thioether (sulfide) groups is 1. The van der Waals surface area contributed by atoms with Crippen molar-refractivity contribution in [1.82, 2.24) is 5.32 Å². The Hall–Kier alpha value is -2.41. The Labute approximate surface area is 179 Å². The van der Waals surface area contributed by atoms with E-state index in [4.69, 9.17) is 26.8 Å². The number of rotatable bonds is 5. The Morgan fingerprint density at radius 2 is 2.14 bits per heavy atom. The van der Waals surface area contributed by atoms with Crippen molar-refractivity contribution in [2.45, 2.75) is 24.8 Å². The van der Waals surface area contributed by atoms with Crippen LogP contribution in [0.1, 0.15) is 16.7 Å². The number of amidine groups is 1. The summed E-state index contributed by atoms with van der Waals surface area (Å²) in [5.74, 6) is 2.32. The lowest BCUT2D eigenvalue weighted by atomic mass is 10.1. The zero-order valence-electron chi connectivity index (χ0n) is 16.0. The minimum absolute atomic E-state index is 0.0305. The fourth-order valence-corrected chi connectivity index (χ4v) is 4.67. The first kappa shape index (κ1) is 19.9. The van der Waals surface area contributed by atoms with E-state index < -0.39 is 0 Å². The first-order valence-corrected chi connectivity index (χ1v) is 10.5. The Kier molecular flexibility index (Phi) is 5.85. The van der Waals surface area contributed by atoms with Gasteiger partial charge in [-0.2, -0.15) is 0 Å². The maximum atomic E-state index is 6.43. The van der Waals surface area contributed by atoms with Crippen LogP contribution in [0.15, 0.2) is 60.2 Å². The van der Waals surface area contributed by atoms with Crippen LogP contribution in [0, 0.1) is 6.92 Å². The average molecular weight is 428 g/mol.